The molecule has 0 fully saturated rings. The molecule has 0 bridgehead atoms. The summed E-state index contributed by atoms with van der Waals surface area (Å²) in [5.74, 6) is -1.17. The summed E-state index contributed by atoms with van der Waals surface area (Å²) in [4.78, 5) is 21.2. The van der Waals surface area contributed by atoms with Gasteiger partial charge in [0.15, 0.2) is 5.76 Å². The van der Waals surface area contributed by atoms with Crippen LogP contribution >= 0.6 is 0 Å². The second kappa shape index (κ2) is 4.08. The average Bonchev–Trinajstić information content (AvgIpc) is 2.86. The number of aromatic nitrogens is 1. The summed E-state index contributed by atoms with van der Waals surface area (Å²) in [5, 5.41) is 16.3. The van der Waals surface area contributed by atoms with Crippen molar-refractivity contribution in [2.45, 2.75) is 6.92 Å². The number of carbonyl (C=O) groups excluding carboxylic acids is 1. The molecule has 1 amide bonds. The molecule has 0 aliphatic rings. The molecule has 1 N–H and O–H groups in total. The van der Waals surface area contributed by atoms with Gasteiger partial charge in [-0.15, -0.1) is 0 Å². The van der Waals surface area contributed by atoms with E-state index < -0.39 is 16.7 Å². The fourth-order valence-electron chi connectivity index (χ4n) is 1.14. The monoisotopic (exact) mass is 237 g/mol. The second-order valence-corrected chi connectivity index (χ2v) is 3.18. The highest BCUT2D eigenvalue weighted by Gasteiger charge is 2.18. The molecule has 2 aromatic heterocycles. The van der Waals surface area contributed by atoms with Gasteiger partial charge in [-0.05, 0) is 13.0 Å². The Bertz CT molecular complexity index is 571. The third kappa shape index (κ3) is 2.30. The van der Waals surface area contributed by atoms with Gasteiger partial charge in [0.25, 0.3) is 5.91 Å². The molecule has 2 rings (SSSR count). The van der Waals surface area contributed by atoms with Crippen molar-refractivity contribution < 1.29 is 18.7 Å². The lowest BCUT2D eigenvalue weighted by molar-refractivity contribution is -0.402. The molecule has 0 spiro atoms. The van der Waals surface area contributed by atoms with E-state index in [-0.39, 0.29) is 11.6 Å². The van der Waals surface area contributed by atoms with Crippen LogP contribution in [0.5, 0.6) is 0 Å². The third-order valence-electron chi connectivity index (χ3n) is 1.86. The number of anilines is 1. The molecule has 0 aliphatic carbocycles. The van der Waals surface area contributed by atoms with Gasteiger partial charge < -0.3 is 8.94 Å². The van der Waals surface area contributed by atoms with Crippen LogP contribution in [0.3, 0.4) is 0 Å². The Morgan fingerprint density at radius 2 is 2.29 bits per heavy atom. The topological polar surface area (TPSA) is 111 Å². The van der Waals surface area contributed by atoms with E-state index in [0.29, 0.717) is 5.69 Å². The van der Waals surface area contributed by atoms with Crippen LogP contribution in [0, 0.1) is 17.0 Å². The SMILES string of the molecule is Cc1cc(NC(=O)c2ccc([N+](=O)[O-])o2)on1. The van der Waals surface area contributed by atoms with Crippen molar-refractivity contribution in [1.29, 1.82) is 0 Å². The van der Waals surface area contributed by atoms with Crippen LogP contribution in [0.15, 0.2) is 27.1 Å². The van der Waals surface area contributed by atoms with Crippen molar-refractivity contribution >= 4 is 17.7 Å². The standard InChI is InChI=1S/C9H7N3O5/c1-5-4-7(17-11-5)10-9(13)6-2-3-8(16-6)12(14)15/h2-4H,1H3,(H,10,13). The lowest BCUT2D eigenvalue weighted by Crippen LogP contribution is -2.10. The smallest absolute Gasteiger partial charge is 0.395 e. The van der Waals surface area contributed by atoms with Crippen molar-refractivity contribution in [2.75, 3.05) is 5.32 Å². The Morgan fingerprint density at radius 3 is 2.82 bits per heavy atom. The summed E-state index contributed by atoms with van der Waals surface area (Å²) >= 11 is 0. The number of nitro groups is 1. The van der Waals surface area contributed by atoms with Crippen LogP contribution < -0.4 is 5.32 Å². The lowest BCUT2D eigenvalue weighted by Gasteiger charge is -1.95. The molecule has 2 aromatic rings. The van der Waals surface area contributed by atoms with Crippen LogP contribution in [0.25, 0.3) is 0 Å². The number of hydrogen-bond donors (Lipinski definition) is 1. The highest BCUT2D eigenvalue weighted by Crippen LogP contribution is 2.17. The number of rotatable bonds is 3. The first-order chi connectivity index (χ1) is 8.06. The average molecular weight is 237 g/mol. The van der Waals surface area contributed by atoms with E-state index in [1.165, 1.54) is 12.1 Å². The maximum atomic E-state index is 11.5. The van der Waals surface area contributed by atoms with Crippen molar-refractivity contribution in [3.8, 4) is 0 Å². The van der Waals surface area contributed by atoms with E-state index in [0.717, 1.165) is 6.07 Å². The van der Waals surface area contributed by atoms with Gasteiger partial charge in [-0.3, -0.25) is 20.2 Å². The van der Waals surface area contributed by atoms with Gasteiger partial charge in [0.2, 0.25) is 5.88 Å². The van der Waals surface area contributed by atoms with Crippen molar-refractivity contribution in [1.82, 2.24) is 5.16 Å². The largest absolute Gasteiger partial charge is 0.433 e. The quantitative estimate of drug-likeness (QED) is 0.642. The Hall–Kier alpha value is -2.64. The van der Waals surface area contributed by atoms with Crippen LogP contribution in [0.1, 0.15) is 16.2 Å². The normalized spacial score (nSPS) is 10.2. The first-order valence-electron chi connectivity index (χ1n) is 4.55. The summed E-state index contributed by atoms with van der Waals surface area (Å²) < 4.78 is 9.47. The van der Waals surface area contributed by atoms with E-state index in [4.69, 9.17) is 8.94 Å². The van der Waals surface area contributed by atoms with Crippen molar-refractivity contribution in [2.24, 2.45) is 0 Å². The predicted octanol–water partition coefficient (Wildman–Crippen LogP) is 1.74. The van der Waals surface area contributed by atoms with Gasteiger partial charge in [-0.25, -0.2) is 0 Å². The fourth-order valence-corrected chi connectivity index (χ4v) is 1.14. The van der Waals surface area contributed by atoms with Gasteiger partial charge in [-0.2, -0.15) is 0 Å². The molecule has 0 saturated carbocycles. The number of nitrogens with one attached hydrogen (secondary N) is 1. The summed E-state index contributed by atoms with van der Waals surface area (Å²) in [6, 6.07) is 3.81. The molecule has 0 saturated heterocycles. The minimum absolute atomic E-state index is 0.145. The molecule has 8 heteroatoms. The van der Waals surface area contributed by atoms with Gasteiger partial charge in [0.05, 0.1) is 11.8 Å². The summed E-state index contributed by atoms with van der Waals surface area (Å²) in [6.45, 7) is 1.69. The number of carbonyl (C=O) groups is 1. The predicted molar refractivity (Wildman–Crippen MR) is 54.6 cm³/mol. The molecular weight excluding hydrogens is 230 g/mol. The Balaban J connectivity index is 2.11. The van der Waals surface area contributed by atoms with E-state index in [1.54, 1.807) is 6.92 Å². The zero-order valence-electron chi connectivity index (χ0n) is 8.67. The fraction of sp³-hybridized carbons (Fsp3) is 0.111. The number of hydrogen-bond acceptors (Lipinski definition) is 6. The van der Waals surface area contributed by atoms with Gasteiger partial charge in [0.1, 0.15) is 4.92 Å². The molecule has 0 atom stereocenters. The minimum atomic E-state index is -0.727. The van der Waals surface area contributed by atoms with Gasteiger partial charge >= 0.3 is 5.88 Å². The van der Waals surface area contributed by atoms with E-state index >= 15 is 0 Å². The zero-order chi connectivity index (χ0) is 12.4. The highest BCUT2D eigenvalue weighted by atomic mass is 16.6. The molecule has 88 valence electrons. The second-order valence-electron chi connectivity index (χ2n) is 3.18. The van der Waals surface area contributed by atoms with Crippen molar-refractivity contribution in [3.63, 3.8) is 0 Å². The molecular formula is C9H7N3O5. The Kier molecular flexibility index (Phi) is 2.61. The molecule has 8 nitrogen and oxygen atoms in total. The molecule has 0 radical (unpaired) electrons. The van der Waals surface area contributed by atoms with Crippen LogP contribution in [0.4, 0.5) is 11.8 Å². The van der Waals surface area contributed by atoms with Gasteiger partial charge in [-0.1, -0.05) is 5.16 Å². The summed E-state index contributed by atoms with van der Waals surface area (Å²) in [7, 11) is 0. The van der Waals surface area contributed by atoms with E-state index in [9.17, 15) is 14.9 Å². The van der Waals surface area contributed by atoms with Crippen LogP contribution in [-0.2, 0) is 0 Å². The molecule has 0 unspecified atom stereocenters. The maximum Gasteiger partial charge on any atom is 0.433 e. The zero-order valence-corrected chi connectivity index (χ0v) is 8.67. The minimum Gasteiger partial charge on any atom is -0.395 e. The number of amides is 1. The summed E-state index contributed by atoms with van der Waals surface area (Å²) in [6.07, 6.45) is 0. The summed E-state index contributed by atoms with van der Waals surface area (Å²) in [5.41, 5.74) is 0.603. The number of furan rings is 1. The van der Waals surface area contributed by atoms with E-state index in [2.05, 4.69) is 10.5 Å². The first-order valence-corrected chi connectivity index (χ1v) is 4.55. The van der Waals surface area contributed by atoms with Gasteiger partial charge in [0, 0.05) is 6.07 Å². The molecule has 0 aliphatic heterocycles. The maximum absolute atomic E-state index is 11.5. The number of aryl methyl sites for hydroxylation is 1. The first kappa shape index (κ1) is 10.9. The van der Waals surface area contributed by atoms with Crippen LogP contribution in [0.2, 0.25) is 0 Å². The van der Waals surface area contributed by atoms with Crippen molar-refractivity contribution in [3.05, 3.63) is 39.8 Å². The third-order valence-corrected chi connectivity index (χ3v) is 1.86. The number of nitrogens with zero attached hydrogens (tertiary/aromatic N) is 2. The Morgan fingerprint density at radius 1 is 1.53 bits per heavy atom. The molecule has 17 heavy (non-hydrogen) atoms. The highest BCUT2D eigenvalue weighted by molar-refractivity contribution is 6.01. The Labute approximate surface area is 94.3 Å². The van der Waals surface area contributed by atoms with Crippen LogP contribution in [-0.4, -0.2) is 16.0 Å². The molecule has 0 aromatic carbocycles. The molecule has 2 heterocycles. The van der Waals surface area contributed by atoms with E-state index in [1.807, 2.05) is 0 Å². The lowest BCUT2D eigenvalue weighted by atomic mass is 10.4.